The van der Waals surface area contributed by atoms with Crippen LogP contribution in [0.15, 0.2) is 72.9 Å². The first-order chi connectivity index (χ1) is 13.3. The number of carbonyl (C=O) groups is 1. The quantitative estimate of drug-likeness (QED) is 0.719. The molecule has 0 aliphatic carbocycles. The smallest absolute Gasteiger partial charge is 0.227 e. The Labute approximate surface area is 159 Å². The summed E-state index contributed by atoms with van der Waals surface area (Å²) in [6.45, 7) is 3.02. The van der Waals surface area contributed by atoms with Gasteiger partial charge in [-0.1, -0.05) is 54.6 Å². The molecular formula is C22H22N4O. The Balaban J connectivity index is 1.33. The fraction of sp³-hybridized carbons (Fsp3) is 0.227. The van der Waals surface area contributed by atoms with Crippen LogP contribution in [-0.4, -0.2) is 47.2 Å². The van der Waals surface area contributed by atoms with E-state index in [-0.39, 0.29) is 5.91 Å². The number of nitrogens with zero attached hydrogens (tertiary/aromatic N) is 4. The number of aromatic nitrogens is 2. The second kappa shape index (κ2) is 7.99. The van der Waals surface area contributed by atoms with Crippen molar-refractivity contribution in [1.29, 1.82) is 0 Å². The molecule has 5 heteroatoms. The van der Waals surface area contributed by atoms with Crippen LogP contribution < -0.4 is 4.90 Å². The maximum absolute atomic E-state index is 12.6. The van der Waals surface area contributed by atoms with Gasteiger partial charge in [0.1, 0.15) is 0 Å². The normalized spacial score (nSPS) is 14.2. The minimum absolute atomic E-state index is 0.182. The van der Waals surface area contributed by atoms with E-state index < -0.39 is 0 Å². The molecule has 0 bridgehead atoms. The van der Waals surface area contributed by atoms with Crippen LogP contribution in [0, 0.1) is 0 Å². The fourth-order valence-electron chi connectivity index (χ4n) is 3.38. The number of hydrogen-bond donors (Lipinski definition) is 0. The first-order valence-electron chi connectivity index (χ1n) is 9.24. The molecule has 0 unspecified atom stereocenters. The fourth-order valence-corrected chi connectivity index (χ4v) is 3.38. The van der Waals surface area contributed by atoms with Crippen molar-refractivity contribution in [2.45, 2.75) is 6.42 Å². The molecule has 2 heterocycles. The Bertz CT molecular complexity index is 873. The molecule has 1 aromatic heterocycles. The molecule has 0 spiro atoms. The van der Waals surface area contributed by atoms with Crippen LogP contribution in [0.5, 0.6) is 0 Å². The zero-order valence-electron chi connectivity index (χ0n) is 15.2. The third kappa shape index (κ3) is 4.14. The molecule has 1 aliphatic rings. The average molecular weight is 358 g/mol. The summed E-state index contributed by atoms with van der Waals surface area (Å²) < 4.78 is 0. The molecule has 3 aromatic rings. The second-order valence-electron chi connectivity index (χ2n) is 6.69. The lowest BCUT2D eigenvalue weighted by Crippen LogP contribution is -2.49. The van der Waals surface area contributed by atoms with Crippen molar-refractivity contribution in [1.82, 2.24) is 15.1 Å². The molecule has 0 N–H and O–H groups in total. The van der Waals surface area contributed by atoms with Crippen molar-refractivity contribution >= 4 is 11.7 Å². The lowest BCUT2D eigenvalue weighted by Gasteiger charge is -2.35. The van der Waals surface area contributed by atoms with Crippen LogP contribution in [0.4, 0.5) is 5.82 Å². The maximum Gasteiger partial charge on any atom is 0.227 e. The SMILES string of the molecule is O=C(Cc1ccc(-c2ccccc2)cc1)N1CCN(c2cccnn2)CC1. The zero-order valence-corrected chi connectivity index (χ0v) is 15.2. The van der Waals surface area contributed by atoms with Crippen molar-refractivity contribution in [3.8, 4) is 11.1 Å². The second-order valence-corrected chi connectivity index (χ2v) is 6.69. The highest BCUT2D eigenvalue weighted by Crippen LogP contribution is 2.20. The van der Waals surface area contributed by atoms with E-state index in [0.717, 1.165) is 37.6 Å². The molecule has 136 valence electrons. The van der Waals surface area contributed by atoms with Crippen molar-refractivity contribution in [3.63, 3.8) is 0 Å². The molecule has 0 saturated carbocycles. The minimum Gasteiger partial charge on any atom is -0.352 e. The lowest BCUT2D eigenvalue weighted by molar-refractivity contribution is -0.130. The molecule has 4 rings (SSSR count). The van der Waals surface area contributed by atoms with Gasteiger partial charge in [0, 0.05) is 32.4 Å². The molecule has 1 saturated heterocycles. The van der Waals surface area contributed by atoms with Gasteiger partial charge in [-0.2, -0.15) is 5.10 Å². The summed E-state index contributed by atoms with van der Waals surface area (Å²) in [5.74, 6) is 1.06. The topological polar surface area (TPSA) is 49.3 Å². The molecule has 1 aliphatic heterocycles. The highest BCUT2D eigenvalue weighted by atomic mass is 16.2. The minimum atomic E-state index is 0.182. The van der Waals surface area contributed by atoms with E-state index in [0.29, 0.717) is 6.42 Å². The van der Waals surface area contributed by atoms with E-state index in [9.17, 15) is 4.79 Å². The largest absolute Gasteiger partial charge is 0.352 e. The van der Waals surface area contributed by atoms with Gasteiger partial charge in [0.25, 0.3) is 0 Å². The number of carbonyl (C=O) groups excluding carboxylic acids is 1. The van der Waals surface area contributed by atoms with E-state index >= 15 is 0 Å². The van der Waals surface area contributed by atoms with Crippen molar-refractivity contribution in [2.24, 2.45) is 0 Å². The van der Waals surface area contributed by atoms with Gasteiger partial charge in [-0.15, -0.1) is 5.10 Å². The van der Waals surface area contributed by atoms with E-state index in [1.807, 2.05) is 35.2 Å². The third-order valence-corrected chi connectivity index (χ3v) is 4.93. The molecule has 1 amide bonds. The van der Waals surface area contributed by atoms with E-state index in [1.165, 1.54) is 11.1 Å². The Kier molecular flexibility index (Phi) is 5.10. The number of benzene rings is 2. The number of rotatable bonds is 4. The van der Waals surface area contributed by atoms with E-state index in [1.54, 1.807) is 6.20 Å². The maximum atomic E-state index is 12.6. The molecule has 2 aromatic carbocycles. The van der Waals surface area contributed by atoms with Gasteiger partial charge in [-0.25, -0.2) is 0 Å². The number of anilines is 1. The van der Waals surface area contributed by atoms with Crippen LogP contribution in [0.1, 0.15) is 5.56 Å². The summed E-state index contributed by atoms with van der Waals surface area (Å²) >= 11 is 0. The Morgan fingerprint density at radius 1 is 0.815 bits per heavy atom. The number of hydrogen-bond acceptors (Lipinski definition) is 4. The first kappa shape index (κ1) is 17.2. The lowest BCUT2D eigenvalue weighted by atomic mass is 10.0. The predicted octanol–water partition coefficient (Wildman–Crippen LogP) is 3.03. The van der Waals surface area contributed by atoms with Gasteiger partial charge in [0.15, 0.2) is 5.82 Å². The van der Waals surface area contributed by atoms with Gasteiger partial charge in [-0.3, -0.25) is 4.79 Å². The van der Waals surface area contributed by atoms with E-state index in [4.69, 9.17) is 0 Å². The monoisotopic (exact) mass is 358 g/mol. The highest BCUT2D eigenvalue weighted by Gasteiger charge is 2.22. The van der Waals surface area contributed by atoms with Crippen molar-refractivity contribution < 1.29 is 4.79 Å². The molecule has 5 nitrogen and oxygen atoms in total. The summed E-state index contributed by atoms with van der Waals surface area (Å²) in [7, 11) is 0. The standard InChI is InChI=1S/C22H22N4O/c27-22(26-15-13-25(14-16-26)21-7-4-12-23-24-21)17-18-8-10-20(11-9-18)19-5-2-1-3-6-19/h1-12H,13-17H2. The molecule has 27 heavy (non-hydrogen) atoms. The number of amides is 1. The van der Waals surface area contributed by atoms with Gasteiger partial charge < -0.3 is 9.80 Å². The van der Waals surface area contributed by atoms with Gasteiger partial charge in [-0.05, 0) is 28.8 Å². The van der Waals surface area contributed by atoms with Gasteiger partial charge in [0.2, 0.25) is 5.91 Å². The third-order valence-electron chi connectivity index (χ3n) is 4.93. The number of piperazine rings is 1. The summed E-state index contributed by atoms with van der Waals surface area (Å²) in [6, 6.07) is 22.4. The summed E-state index contributed by atoms with van der Waals surface area (Å²) in [6.07, 6.45) is 2.12. The van der Waals surface area contributed by atoms with Gasteiger partial charge >= 0.3 is 0 Å². The van der Waals surface area contributed by atoms with Crippen LogP contribution in [0.2, 0.25) is 0 Å². The van der Waals surface area contributed by atoms with Crippen molar-refractivity contribution in [2.75, 3.05) is 31.1 Å². The van der Waals surface area contributed by atoms with Crippen LogP contribution in [0.3, 0.4) is 0 Å². The van der Waals surface area contributed by atoms with Crippen LogP contribution in [0.25, 0.3) is 11.1 Å². The summed E-state index contributed by atoms with van der Waals surface area (Å²) in [4.78, 5) is 16.8. The molecule has 0 radical (unpaired) electrons. The Hall–Kier alpha value is -3.21. The zero-order chi connectivity index (χ0) is 18.5. The average Bonchev–Trinajstić information content (AvgIpc) is 2.76. The first-order valence-corrected chi connectivity index (χ1v) is 9.24. The molecule has 1 fully saturated rings. The summed E-state index contributed by atoms with van der Waals surface area (Å²) in [5.41, 5.74) is 3.41. The van der Waals surface area contributed by atoms with Gasteiger partial charge in [0.05, 0.1) is 6.42 Å². The molecular weight excluding hydrogens is 336 g/mol. The molecule has 0 atom stereocenters. The van der Waals surface area contributed by atoms with E-state index in [2.05, 4.69) is 51.5 Å². The summed E-state index contributed by atoms with van der Waals surface area (Å²) in [5, 5.41) is 8.07. The Morgan fingerprint density at radius 3 is 2.19 bits per heavy atom. The Morgan fingerprint density at radius 2 is 1.52 bits per heavy atom. The predicted molar refractivity (Wildman–Crippen MR) is 106 cm³/mol. The highest BCUT2D eigenvalue weighted by molar-refractivity contribution is 5.79. The van der Waals surface area contributed by atoms with Crippen molar-refractivity contribution in [3.05, 3.63) is 78.5 Å². The van der Waals surface area contributed by atoms with Crippen LogP contribution in [-0.2, 0) is 11.2 Å². The van der Waals surface area contributed by atoms with Crippen LogP contribution >= 0.6 is 0 Å².